The smallest absolute Gasteiger partial charge is 0.129 e. The summed E-state index contributed by atoms with van der Waals surface area (Å²) in [5, 5.41) is 24.6. The highest BCUT2D eigenvalue weighted by Gasteiger charge is 2.27. The fourth-order valence-corrected chi connectivity index (χ4v) is 8.27. The van der Waals surface area contributed by atoms with Gasteiger partial charge in [0.25, 0.3) is 0 Å². The van der Waals surface area contributed by atoms with Crippen molar-refractivity contribution in [2.24, 2.45) is 0 Å². The summed E-state index contributed by atoms with van der Waals surface area (Å²) in [6.07, 6.45) is 2.37. The van der Waals surface area contributed by atoms with Crippen molar-refractivity contribution in [3.05, 3.63) is 124 Å². The molecule has 0 radical (unpaired) electrons. The zero-order valence-electron chi connectivity index (χ0n) is 35.2. The third kappa shape index (κ3) is 9.45. The van der Waals surface area contributed by atoms with Gasteiger partial charge in [-0.05, 0) is 111 Å². The lowest BCUT2D eigenvalue weighted by atomic mass is 9.78. The molecule has 4 aromatic rings. The Morgan fingerprint density at radius 3 is 0.962 bits per heavy atom. The molecule has 0 atom stereocenters. The summed E-state index contributed by atoms with van der Waals surface area (Å²) in [5.74, 6) is 4.49. The SMILES string of the molecule is CC(C)(C)c1cc2c(O)c(c1)Cc1cc(C(C)(C)C)cc(c1C#C[Si](C)(C)C)Cc1cc(C(C)(C)C)cc(c1O)Cc1cc(C(C)(C)C)cc(c1I)C2. The Bertz CT molecular complexity index is 2010. The lowest BCUT2D eigenvalue weighted by Gasteiger charge is -2.27. The summed E-state index contributed by atoms with van der Waals surface area (Å²) < 4.78 is 1.19. The summed E-state index contributed by atoms with van der Waals surface area (Å²) in [5.41, 5.74) is 17.8. The van der Waals surface area contributed by atoms with Crippen LogP contribution >= 0.6 is 22.6 Å². The van der Waals surface area contributed by atoms with Crippen LogP contribution in [-0.4, -0.2) is 18.3 Å². The first-order valence-corrected chi connectivity index (χ1v) is 23.9. The van der Waals surface area contributed by atoms with E-state index < -0.39 is 8.07 Å². The van der Waals surface area contributed by atoms with Gasteiger partial charge in [-0.3, -0.25) is 0 Å². The molecule has 1 aliphatic carbocycles. The van der Waals surface area contributed by atoms with Gasteiger partial charge in [0.1, 0.15) is 19.6 Å². The van der Waals surface area contributed by atoms with Crippen molar-refractivity contribution in [3.63, 3.8) is 0 Å². The number of rotatable bonds is 0. The summed E-state index contributed by atoms with van der Waals surface area (Å²) in [7, 11) is -1.75. The van der Waals surface area contributed by atoms with Crippen molar-refractivity contribution >= 4 is 30.7 Å². The maximum absolute atomic E-state index is 12.3. The predicted octanol–water partition coefficient (Wildman–Crippen LogP) is 12.8. The van der Waals surface area contributed by atoms with Gasteiger partial charge < -0.3 is 10.2 Å². The third-order valence-corrected chi connectivity index (χ3v) is 12.9. The molecule has 2 nitrogen and oxygen atoms in total. The molecule has 0 saturated carbocycles. The van der Waals surface area contributed by atoms with Crippen LogP contribution in [0, 0.1) is 15.0 Å². The summed E-state index contributed by atoms with van der Waals surface area (Å²) in [4.78, 5) is 0. The topological polar surface area (TPSA) is 40.5 Å². The first-order valence-electron chi connectivity index (χ1n) is 19.3. The molecule has 0 fully saturated rings. The van der Waals surface area contributed by atoms with E-state index in [1.54, 1.807) is 0 Å². The highest BCUT2D eigenvalue weighted by atomic mass is 127. The zero-order chi connectivity index (χ0) is 39.6. The van der Waals surface area contributed by atoms with E-state index in [4.69, 9.17) is 0 Å². The molecule has 0 saturated heterocycles. The van der Waals surface area contributed by atoms with Crippen LogP contribution in [0.15, 0.2) is 48.5 Å². The molecule has 0 spiro atoms. The van der Waals surface area contributed by atoms with Crippen LogP contribution < -0.4 is 0 Å². The molecule has 4 heteroatoms. The van der Waals surface area contributed by atoms with Crippen LogP contribution in [0.2, 0.25) is 19.6 Å². The highest BCUT2D eigenvalue weighted by Crippen LogP contribution is 2.41. The standard InChI is InChI=1S/C49H63IO2Si/c1-46(2,3)38-22-30-18-34-26-40(48(7,8)9)28-36(44(34)51)20-32-24-39(47(4,5)6)25-33(43(32)50)21-37-29-41(49(10,11)12)27-35(45(37)52)19-31(23-38)42(30)16-17-53(13,14)15/h22-29,51-52H,18-21H2,1-15H3. The third-order valence-electron chi connectivity index (χ3n) is 10.6. The Morgan fingerprint density at radius 1 is 0.453 bits per heavy atom. The molecule has 5 rings (SSSR count). The van der Waals surface area contributed by atoms with E-state index in [0.29, 0.717) is 37.2 Å². The maximum atomic E-state index is 12.3. The van der Waals surface area contributed by atoms with Gasteiger partial charge >= 0.3 is 0 Å². The average molecular weight is 839 g/mol. The van der Waals surface area contributed by atoms with Gasteiger partial charge in [0, 0.05) is 34.8 Å². The minimum atomic E-state index is -1.75. The lowest BCUT2D eigenvalue weighted by molar-refractivity contribution is 0.461. The van der Waals surface area contributed by atoms with Crippen LogP contribution in [0.5, 0.6) is 11.5 Å². The van der Waals surface area contributed by atoms with Crippen molar-refractivity contribution in [2.45, 2.75) is 150 Å². The van der Waals surface area contributed by atoms with Crippen LogP contribution in [0.3, 0.4) is 0 Å². The molecule has 2 N–H and O–H groups in total. The number of phenols is 2. The normalized spacial score (nSPS) is 14.1. The van der Waals surface area contributed by atoms with Gasteiger partial charge in [-0.15, -0.1) is 5.54 Å². The number of hydrogen-bond donors (Lipinski definition) is 2. The quantitative estimate of drug-likeness (QED) is 0.0927. The second kappa shape index (κ2) is 14.2. The van der Waals surface area contributed by atoms with Crippen LogP contribution in [-0.2, 0) is 47.3 Å². The first-order chi connectivity index (χ1) is 24.1. The minimum Gasteiger partial charge on any atom is -0.507 e. The number of benzene rings is 4. The molecule has 0 amide bonds. The molecule has 0 heterocycles. The molecule has 8 bridgehead atoms. The van der Waals surface area contributed by atoms with E-state index in [9.17, 15) is 10.2 Å². The van der Waals surface area contributed by atoms with E-state index in [-0.39, 0.29) is 21.7 Å². The second-order valence-electron chi connectivity index (χ2n) is 20.8. The van der Waals surface area contributed by atoms with E-state index in [2.05, 4.69) is 185 Å². The van der Waals surface area contributed by atoms with Gasteiger partial charge in [0.05, 0.1) is 0 Å². The fourth-order valence-electron chi connectivity index (χ4n) is 7.08. The summed E-state index contributed by atoms with van der Waals surface area (Å²) in [6.45, 7) is 34.0. The Hall–Kier alpha value is -3.01. The Balaban J connectivity index is 1.96. The Morgan fingerprint density at radius 2 is 0.698 bits per heavy atom. The van der Waals surface area contributed by atoms with Crippen molar-refractivity contribution in [1.82, 2.24) is 0 Å². The van der Waals surface area contributed by atoms with Gasteiger partial charge in [-0.1, -0.05) is 157 Å². The van der Waals surface area contributed by atoms with E-state index in [1.807, 2.05) is 0 Å². The fraction of sp³-hybridized carbons (Fsp3) is 0.469. The van der Waals surface area contributed by atoms with Crippen molar-refractivity contribution < 1.29 is 10.2 Å². The molecule has 282 valence electrons. The van der Waals surface area contributed by atoms with E-state index >= 15 is 0 Å². The predicted molar refractivity (Wildman–Crippen MR) is 238 cm³/mol. The van der Waals surface area contributed by atoms with E-state index in [1.165, 1.54) is 37.0 Å². The molecule has 0 aliphatic heterocycles. The monoisotopic (exact) mass is 838 g/mol. The second-order valence-corrected chi connectivity index (χ2v) is 26.6. The lowest BCUT2D eigenvalue weighted by Crippen LogP contribution is -2.18. The maximum Gasteiger partial charge on any atom is 0.129 e. The highest BCUT2D eigenvalue weighted by molar-refractivity contribution is 14.1. The molecule has 4 aromatic carbocycles. The largest absolute Gasteiger partial charge is 0.507 e. The van der Waals surface area contributed by atoms with Crippen molar-refractivity contribution in [1.29, 1.82) is 0 Å². The first kappa shape index (κ1) is 41.2. The molecule has 0 unspecified atom stereocenters. The number of fused-ring (bicyclic) bond motifs is 8. The molecule has 53 heavy (non-hydrogen) atoms. The van der Waals surface area contributed by atoms with E-state index in [0.717, 1.165) is 38.9 Å². The van der Waals surface area contributed by atoms with Crippen LogP contribution in [0.1, 0.15) is 155 Å². The number of hydrogen-bond acceptors (Lipinski definition) is 2. The van der Waals surface area contributed by atoms with Crippen LogP contribution in [0.4, 0.5) is 0 Å². The van der Waals surface area contributed by atoms with Gasteiger partial charge in [-0.25, -0.2) is 0 Å². The number of phenolic OH excluding ortho intramolecular Hbond substituents is 2. The molecular weight excluding hydrogens is 776 g/mol. The molecular formula is C49H63IO2Si. The van der Waals surface area contributed by atoms with Gasteiger partial charge in [0.15, 0.2) is 0 Å². The molecule has 0 aromatic heterocycles. The van der Waals surface area contributed by atoms with Crippen LogP contribution in [0.25, 0.3) is 0 Å². The minimum absolute atomic E-state index is 0.0730. The average Bonchev–Trinajstić information content (AvgIpc) is 2.99. The van der Waals surface area contributed by atoms with Gasteiger partial charge in [0.2, 0.25) is 0 Å². The van der Waals surface area contributed by atoms with Crippen molar-refractivity contribution in [2.75, 3.05) is 0 Å². The summed E-state index contributed by atoms with van der Waals surface area (Å²) in [6, 6.07) is 18.3. The zero-order valence-corrected chi connectivity index (χ0v) is 38.4. The van der Waals surface area contributed by atoms with Gasteiger partial charge in [-0.2, -0.15) is 0 Å². The molecule has 1 aliphatic rings. The number of aromatic hydroxyl groups is 2. The number of halogens is 1. The Labute approximate surface area is 336 Å². The van der Waals surface area contributed by atoms with Crippen molar-refractivity contribution in [3.8, 4) is 23.0 Å². The Kier molecular flexibility index (Phi) is 11.1. The summed E-state index contributed by atoms with van der Waals surface area (Å²) >= 11 is 2.52.